The Balaban J connectivity index is 1.67. The Labute approximate surface area is 134 Å². The van der Waals surface area contributed by atoms with Crippen molar-refractivity contribution in [2.75, 3.05) is 5.32 Å². The van der Waals surface area contributed by atoms with Crippen LogP contribution in [0.25, 0.3) is 0 Å². The minimum atomic E-state index is -0.0677. The summed E-state index contributed by atoms with van der Waals surface area (Å²) in [7, 11) is 0. The largest absolute Gasteiger partial charge is 0.506 e. The molecule has 114 valence electrons. The van der Waals surface area contributed by atoms with E-state index in [4.69, 9.17) is 11.6 Å². The van der Waals surface area contributed by atoms with Crippen molar-refractivity contribution in [1.29, 1.82) is 0 Å². The Morgan fingerprint density at radius 2 is 1.86 bits per heavy atom. The fraction of sp³-hybridized carbons (Fsp3) is 0.278. The lowest BCUT2D eigenvalue weighted by atomic mass is 9.96. The van der Waals surface area contributed by atoms with Gasteiger partial charge in [-0.1, -0.05) is 48.0 Å². The number of hydrogen-bond donors (Lipinski definition) is 2. The number of hydrogen-bond acceptors (Lipinski definition) is 2. The fourth-order valence-corrected chi connectivity index (χ4v) is 3.33. The van der Waals surface area contributed by atoms with Crippen LogP contribution in [0.2, 0.25) is 5.02 Å². The maximum atomic E-state index is 12.4. The first-order valence-electron chi connectivity index (χ1n) is 7.48. The molecule has 1 saturated carbocycles. The molecule has 2 N–H and O–H groups in total. The van der Waals surface area contributed by atoms with E-state index in [2.05, 4.69) is 17.4 Å². The van der Waals surface area contributed by atoms with Crippen LogP contribution in [0.5, 0.6) is 5.75 Å². The monoisotopic (exact) mass is 315 g/mol. The number of amides is 1. The summed E-state index contributed by atoms with van der Waals surface area (Å²) < 4.78 is 0. The highest BCUT2D eigenvalue weighted by atomic mass is 35.5. The molecule has 1 aliphatic carbocycles. The van der Waals surface area contributed by atoms with Crippen molar-refractivity contribution in [2.24, 2.45) is 5.92 Å². The van der Waals surface area contributed by atoms with E-state index in [9.17, 15) is 9.90 Å². The zero-order valence-corrected chi connectivity index (χ0v) is 12.9. The van der Waals surface area contributed by atoms with Crippen LogP contribution in [-0.4, -0.2) is 11.0 Å². The summed E-state index contributed by atoms with van der Waals surface area (Å²) in [5.41, 5.74) is 1.59. The maximum absolute atomic E-state index is 12.4. The Bertz CT molecular complexity index is 652. The van der Waals surface area contributed by atoms with Gasteiger partial charge in [-0.3, -0.25) is 4.79 Å². The van der Waals surface area contributed by atoms with Gasteiger partial charge >= 0.3 is 0 Å². The smallest absolute Gasteiger partial charge is 0.227 e. The molecule has 2 aromatic carbocycles. The van der Waals surface area contributed by atoms with E-state index in [1.165, 1.54) is 11.6 Å². The third-order valence-electron chi connectivity index (χ3n) is 4.31. The minimum absolute atomic E-state index is 0.00143. The summed E-state index contributed by atoms with van der Waals surface area (Å²) in [6, 6.07) is 15.1. The van der Waals surface area contributed by atoms with Crippen LogP contribution in [0.4, 0.5) is 5.69 Å². The van der Waals surface area contributed by atoms with Crippen LogP contribution in [0.15, 0.2) is 48.5 Å². The average Bonchev–Trinajstić information content (AvgIpc) is 3.02. The second-order valence-corrected chi connectivity index (χ2v) is 6.15. The van der Waals surface area contributed by atoms with Gasteiger partial charge in [-0.15, -0.1) is 0 Å². The molecule has 0 saturated heterocycles. The van der Waals surface area contributed by atoms with E-state index in [0.717, 1.165) is 19.3 Å². The molecule has 0 heterocycles. The first-order chi connectivity index (χ1) is 10.6. The molecule has 0 aromatic heterocycles. The summed E-state index contributed by atoms with van der Waals surface area (Å²) in [4.78, 5) is 12.4. The number of para-hydroxylation sites is 1. The van der Waals surface area contributed by atoms with E-state index in [1.807, 2.05) is 18.2 Å². The first-order valence-corrected chi connectivity index (χ1v) is 7.86. The topological polar surface area (TPSA) is 49.3 Å². The van der Waals surface area contributed by atoms with Crippen molar-refractivity contribution in [3.8, 4) is 5.75 Å². The highest BCUT2D eigenvalue weighted by molar-refractivity contribution is 6.34. The number of halogens is 1. The van der Waals surface area contributed by atoms with Crippen molar-refractivity contribution in [3.63, 3.8) is 0 Å². The summed E-state index contributed by atoms with van der Waals surface area (Å²) in [5, 5.41) is 12.9. The number of rotatable bonds is 3. The quantitative estimate of drug-likeness (QED) is 0.815. The van der Waals surface area contributed by atoms with Gasteiger partial charge in [0.15, 0.2) is 0 Å². The lowest BCUT2D eigenvalue weighted by Gasteiger charge is -2.14. The van der Waals surface area contributed by atoms with Gasteiger partial charge in [0, 0.05) is 5.92 Å². The molecule has 0 aliphatic heterocycles. The van der Waals surface area contributed by atoms with Crippen LogP contribution in [0.3, 0.4) is 0 Å². The molecule has 1 aliphatic rings. The molecule has 1 fully saturated rings. The van der Waals surface area contributed by atoms with Gasteiger partial charge in [0.25, 0.3) is 0 Å². The molecule has 2 atom stereocenters. The third-order valence-corrected chi connectivity index (χ3v) is 4.63. The Morgan fingerprint density at radius 3 is 2.59 bits per heavy atom. The van der Waals surface area contributed by atoms with E-state index in [1.54, 1.807) is 12.1 Å². The zero-order chi connectivity index (χ0) is 15.5. The van der Waals surface area contributed by atoms with E-state index < -0.39 is 0 Å². The van der Waals surface area contributed by atoms with Crippen LogP contribution >= 0.6 is 11.6 Å². The Hall–Kier alpha value is -2.00. The molecule has 0 bridgehead atoms. The van der Waals surface area contributed by atoms with E-state index >= 15 is 0 Å². The lowest BCUT2D eigenvalue weighted by molar-refractivity contribution is -0.119. The lowest BCUT2D eigenvalue weighted by Crippen LogP contribution is -2.20. The summed E-state index contributed by atoms with van der Waals surface area (Å²) in [5.74, 6) is 0.318. The number of benzene rings is 2. The molecular weight excluding hydrogens is 298 g/mol. The number of carbonyl (C=O) groups excluding carboxylic acids is 1. The fourth-order valence-electron chi connectivity index (χ4n) is 3.11. The van der Waals surface area contributed by atoms with Gasteiger partial charge < -0.3 is 10.4 Å². The number of carbonyl (C=O) groups is 1. The average molecular weight is 316 g/mol. The maximum Gasteiger partial charge on any atom is 0.227 e. The van der Waals surface area contributed by atoms with E-state index in [-0.39, 0.29) is 17.6 Å². The number of anilines is 1. The van der Waals surface area contributed by atoms with Crippen LogP contribution in [-0.2, 0) is 4.79 Å². The Morgan fingerprint density at radius 1 is 1.09 bits per heavy atom. The SMILES string of the molecule is O=C(Nc1c(O)cccc1Cl)[C@@H]1CC[C@@H](c2ccccc2)C1. The van der Waals surface area contributed by atoms with Gasteiger partial charge in [-0.05, 0) is 42.9 Å². The molecule has 0 unspecified atom stereocenters. The molecule has 0 spiro atoms. The van der Waals surface area contributed by atoms with Crippen LogP contribution in [0, 0.1) is 5.92 Å². The van der Waals surface area contributed by atoms with Crippen molar-refractivity contribution in [3.05, 3.63) is 59.1 Å². The van der Waals surface area contributed by atoms with Gasteiger partial charge in [0.05, 0.1) is 5.02 Å². The molecular formula is C18H18ClNO2. The zero-order valence-electron chi connectivity index (χ0n) is 12.1. The predicted octanol–water partition coefficient (Wildman–Crippen LogP) is 4.57. The number of phenolic OH excluding ortho intramolecular Hbond substituents is 1. The van der Waals surface area contributed by atoms with Crippen LogP contribution < -0.4 is 5.32 Å². The van der Waals surface area contributed by atoms with Crippen molar-refractivity contribution in [1.82, 2.24) is 0 Å². The van der Waals surface area contributed by atoms with Gasteiger partial charge in [0.2, 0.25) is 5.91 Å². The summed E-state index contributed by atoms with van der Waals surface area (Å²) in [6.07, 6.45) is 2.70. The molecule has 0 radical (unpaired) electrons. The van der Waals surface area contributed by atoms with E-state index in [0.29, 0.717) is 16.6 Å². The second-order valence-electron chi connectivity index (χ2n) is 5.74. The third kappa shape index (κ3) is 3.09. The van der Waals surface area contributed by atoms with Gasteiger partial charge in [-0.2, -0.15) is 0 Å². The molecule has 3 nitrogen and oxygen atoms in total. The number of phenols is 1. The van der Waals surface area contributed by atoms with Crippen molar-refractivity contribution in [2.45, 2.75) is 25.2 Å². The molecule has 2 aromatic rings. The number of aromatic hydroxyl groups is 1. The normalized spacial score (nSPS) is 20.8. The summed E-state index contributed by atoms with van der Waals surface area (Å²) >= 11 is 6.03. The molecule has 22 heavy (non-hydrogen) atoms. The first kappa shape index (κ1) is 14.9. The Kier molecular flexibility index (Phi) is 4.34. The van der Waals surface area contributed by atoms with Crippen molar-refractivity contribution >= 4 is 23.2 Å². The molecule has 3 rings (SSSR count). The van der Waals surface area contributed by atoms with Gasteiger partial charge in [-0.25, -0.2) is 0 Å². The van der Waals surface area contributed by atoms with Crippen molar-refractivity contribution < 1.29 is 9.90 Å². The van der Waals surface area contributed by atoms with Gasteiger partial charge in [0.1, 0.15) is 11.4 Å². The minimum Gasteiger partial charge on any atom is -0.506 e. The molecule has 4 heteroatoms. The standard InChI is InChI=1S/C18H18ClNO2/c19-15-7-4-8-16(21)17(15)20-18(22)14-10-9-13(11-14)12-5-2-1-3-6-12/h1-8,13-14,21H,9-11H2,(H,20,22)/t13-,14-/m1/s1. The molecule has 1 amide bonds. The highest BCUT2D eigenvalue weighted by Gasteiger charge is 2.31. The van der Waals surface area contributed by atoms with Crippen LogP contribution in [0.1, 0.15) is 30.7 Å². The predicted molar refractivity (Wildman–Crippen MR) is 88.3 cm³/mol. The summed E-state index contributed by atoms with van der Waals surface area (Å²) in [6.45, 7) is 0. The number of nitrogens with one attached hydrogen (secondary N) is 1. The highest BCUT2D eigenvalue weighted by Crippen LogP contribution is 2.39. The second kappa shape index (κ2) is 6.41.